The second kappa shape index (κ2) is 19.0. The SMILES string of the molecule is CN=C(C(=NO)C(C)OC(CC(C)OC1CCCC(CN=C(N)CO)C1)C(CN)NC(=O)C(O)CCN)C(C)O. The highest BCUT2D eigenvalue weighted by molar-refractivity contribution is 6.45. The molecule has 0 spiro atoms. The second-order valence-electron chi connectivity index (χ2n) is 10.4. The molecule has 0 bridgehead atoms. The van der Waals surface area contributed by atoms with Gasteiger partial charge in [0.1, 0.15) is 30.4 Å². The summed E-state index contributed by atoms with van der Waals surface area (Å²) in [6, 6.07) is -0.711. The molecule has 0 aromatic carbocycles. The van der Waals surface area contributed by atoms with Gasteiger partial charge in [0.2, 0.25) is 5.91 Å². The highest BCUT2D eigenvalue weighted by atomic mass is 16.5. The molecule has 1 rings (SSSR count). The van der Waals surface area contributed by atoms with Crippen molar-refractivity contribution in [2.45, 2.75) is 102 Å². The predicted octanol–water partition coefficient (Wildman–Crippen LogP) is -1.10. The molecular weight excluding hydrogens is 522 g/mol. The third-order valence-electron chi connectivity index (χ3n) is 6.98. The molecule has 0 aromatic rings. The first kappa shape index (κ1) is 35.8. The Morgan fingerprint density at radius 2 is 1.85 bits per heavy atom. The van der Waals surface area contributed by atoms with E-state index in [0.29, 0.717) is 18.9 Å². The Morgan fingerprint density at radius 3 is 2.40 bits per heavy atom. The lowest BCUT2D eigenvalue weighted by Gasteiger charge is -2.35. The van der Waals surface area contributed by atoms with Crippen LogP contribution in [0, 0.1) is 5.92 Å². The molecule has 11 N–H and O–H groups in total. The minimum atomic E-state index is -1.30. The molecule has 0 aliphatic heterocycles. The van der Waals surface area contributed by atoms with E-state index in [9.17, 15) is 20.2 Å². The molecule has 8 unspecified atom stereocenters. The molecule has 0 saturated heterocycles. The van der Waals surface area contributed by atoms with E-state index >= 15 is 0 Å². The average Bonchev–Trinajstić information content (AvgIpc) is 2.92. The molecule has 232 valence electrons. The molecule has 0 heterocycles. The number of amidine groups is 1. The van der Waals surface area contributed by atoms with Crippen LogP contribution in [0.3, 0.4) is 0 Å². The number of nitrogens with one attached hydrogen (secondary N) is 1. The Balaban J connectivity index is 3.06. The number of amides is 1. The Labute approximate surface area is 237 Å². The van der Waals surface area contributed by atoms with Gasteiger partial charge in [-0.05, 0) is 58.9 Å². The van der Waals surface area contributed by atoms with Crippen LogP contribution in [-0.4, -0.2) is 120 Å². The zero-order valence-electron chi connectivity index (χ0n) is 24.3. The van der Waals surface area contributed by atoms with Crippen molar-refractivity contribution in [1.82, 2.24) is 5.32 Å². The summed E-state index contributed by atoms with van der Waals surface area (Å²) in [5.41, 5.74) is 17.3. The smallest absolute Gasteiger partial charge is 0.249 e. The summed E-state index contributed by atoms with van der Waals surface area (Å²) in [5.74, 6) is -0.113. The number of aliphatic hydroxyl groups excluding tert-OH is 3. The number of carbonyl (C=O) groups excluding carboxylic acids is 1. The van der Waals surface area contributed by atoms with Crippen LogP contribution in [0.5, 0.6) is 0 Å². The maximum Gasteiger partial charge on any atom is 0.249 e. The number of aliphatic imine (C=N–C) groups is 2. The van der Waals surface area contributed by atoms with Gasteiger partial charge in [-0.1, -0.05) is 11.6 Å². The van der Waals surface area contributed by atoms with Gasteiger partial charge in [0.25, 0.3) is 0 Å². The zero-order valence-corrected chi connectivity index (χ0v) is 24.3. The summed E-state index contributed by atoms with van der Waals surface area (Å²) >= 11 is 0. The molecular formula is C26H51N7O7. The lowest BCUT2D eigenvalue weighted by Crippen LogP contribution is -2.54. The van der Waals surface area contributed by atoms with Crippen LogP contribution in [0.4, 0.5) is 0 Å². The number of aliphatic hydroxyl groups is 3. The maximum absolute atomic E-state index is 12.6. The number of carbonyl (C=O) groups is 1. The Kier molecular flexibility index (Phi) is 17.0. The standard InChI is InChI=1S/C26H51N7O7/c1-15(39-19-7-5-6-18(11-19)13-31-23(29)14-34)10-22(20(12-28)32-26(37)21(36)8-9-27)40-17(3)25(33-38)24(30-4)16(2)35/h15-22,34-36,38H,5-14,27-28H2,1-4H3,(H2,29,31)(H,32,37). The monoisotopic (exact) mass is 573 g/mol. The van der Waals surface area contributed by atoms with Crippen molar-refractivity contribution < 1.29 is 34.8 Å². The lowest BCUT2D eigenvalue weighted by molar-refractivity contribution is -0.132. The molecule has 40 heavy (non-hydrogen) atoms. The topological polar surface area (TPSA) is 244 Å². The second-order valence-corrected chi connectivity index (χ2v) is 10.4. The fraction of sp³-hybridized carbons (Fsp3) is 0.846. The van der Waals surface area contributed by atoms with Crippen LogP contribution in [0.2, 0.25) is 0 Å². The van der Waals surface area contributed by atoms with E-state index in [4.69, 9.17) is 31.8 Å². The van der Waals surface area contributed by atoms with E-state index in [1.807, 2.05) is 6.92 Å². The van der Waals surface area contributed by atoms with E-state index in [1.165, 1.54) is 14.0 Å². The average molecular weight is 574 g/mol. The Hall–Kier alpha value is -2.20. The minimum absolute atomic E-state index is 0.00228. The summed E-state index contributed by atoms with van der Waals surface area (Å²) in [6.45, 7) is 5.44. The largest absolute Gasteiger partial charge is 0.411 e. The van der Waals surface area contributed by atoms with E-state index < -0.39 is 36.4 Å². The van der Waals surface area contributed by atoms with Gasteiger partial charge in [0.15, 0.2) is 0 Å². The number of nitrogens with zero attached hydrogens (tertiary/aromatic N) is 3. The number of ether oxygens (including phenoxy) is 2. The van der Waals surface area contributed by atoms with Crippen LogP contribution in [-0.2, 0) is 14.3 Å². The molecule has 1 aliphatic carbocycles. The zero-order chi connectivity index (χ0) is 30.2. The minimum Gasteiger partial charge on any atom is -0.411 e. The van der Waals surface area contributed by atoms with Gasteiger partial charge in [0, 0.05) is 26.6 Å². The van der Waals surface area contributed by atoms with Gasteiger partial charge in [-0.25, -0.2) is 0 Å². The van der Waals surface area contributed by atoms with Crippen LogP contribution < -0.4 is 22.5 Å². The number of oxime groups is 1. The fourth-order valence-corrected chi connectivity index (χ4v) is 4.91. The molecule has 0 radical (unpaired) electrons. The van der Waals surface area contributed by atoms with Crippen molar-refractivity contribution >= 4 is 23.2 Å². The van der Waals surface area contributed by atoms with Crippen molar-refractivity contribution in [3.8, 4) is 0 Å². The molecule has 14 heteroatoms. The van der Waals surface area contributed by atoms with Gasteiger partial charge >= 0.3 is 0 Å². The molecule has 1 aliphatic rings. The molecule has 0 aromatic heterocycles. The summed E-state index contributed by atoms with van der Waals surface area (Å²) in [4.78, 5) is 20.8. The normalized spacial score (nSPS) is 23.7. The van der Waals surface area contributed by atoms with Crippen molar-refractivity contribution in [2.75, 3.05) is 33.3 Å². The van der Waals surface area contributed by atoms with Crippen LogP contribution in [0.15, 0.2) is 15.1 Å². The van der Waals surface area contributed by atoms with Crippen LogP contribution >= 0.6 is 0 Å². The summed E-state index contributed by atoms with van der Waals surface area (Å²) in [5, 5.41) is 45.0. The summed E-state index contributed by atoms with van der Waals surface area (Å²) < 4.78 is 12.6. The predicted molar refractivity (Wildman–Crippen MR) is 154 cm³/mol. The maximum atomic E-state index is 12.6. The third kappa shape index (κ3) is 12.1. The quantitative estimate of drug-likeness (QED) is 0.0425. The van der Waals surface area contributed by atoms with Crippen molar-refractivity contribution in [1.29, 1.82) is 0 Å². The highest BCUT2D eigenvalue weighted by Crippen LogP contribution is 2.28. The van der Waals surface area contributed by atoms with Gasteiger partial charge in [-0.2, -0.15) is 0 Å². The first-order chi connectivity index (χ1) is 19.0. The molecule has 14 nitrogen and oxygen atoms in total. The van der Waals surface area contributed by atoms with Gasteiger partial charge in [-0.3, -0.25) is 14.8 Å². The first-order valence-electron chi connectivity index (χ1n) is 14.0. The first-order valence-corrected chi connectivity index (χ1v) is 14.0. The van der Waals surface area contributed by atoms with Crippen LogP contribution in [0.1, 0.15) is 59.3 Å². The molecule has 1 amide bonds. The number of nitrogens with two attached hydrogens (primary N) is 3. The number of rotatable bonds is 18. The highest BCUT2D eigenvalue weighted by Gasteiger charge is 2.33. The van der Waals surface area contributed by atoms with E-state index in [1.54, 1.807) is 6.92 Å². The molecule has 1 fully saturated rings. The molecule has 1 saturated carbocycles. The Morgan fingerprint density at radius 1 is 1.15 bits per heavy atom. The summed E-state index contributed by atoms with van der Waals surface area (Å²) in [7, 11) is 1.47. The van der Waals surface area contributed by atoms with Crippen molar-refractivity contribution in [3.05, 3.63) is 0 Å². The van der Waals surface area contributed by atoms with E-state index in [2.05, 4.69) is 20.5 Å². The van der Waals surface area contributed by atoms with Gasteiger partial charge < -0.3 is 52.5 Å². The van der Waals surface area contributed by atoms with Gasteiger partial charge in [-0.15, -0.1) is 0 Å². The Bertz CT molecular complexity index is 840. The van der Waals surface area contributed by atoms with Crippen LogP contribution in [0.25, 0.3) is 0 Å². The molecule has 8 atom stereocenters. The van der Waals surface area contributed by atoms with Gasteiger partial charge in [0.05, 0.1) is 36.2 Å². The third-order valence-corrected chi connectivity index (χ3v) is 6.98. The van der Waals surface area contributed by atoms with Crippen molar-refractivity contribution in [2.24, 2.45) is 38.3 Å². The van der Waals surface area contributed by atoms with Crippen molar-refractivity contribution in [3.63, 3.8) is 0 Å². The number of hydrogen-bond donors (Lipinski definition) is 8. The summed E-state index contributed by atoms with van der Waals surface area (Å²) in [6.07, 6.45) is -0.0923. The van der Waals surface area contributed by atoms with E-state index in [-0.39, 0.29) is 55.6 Å². The van der Waals surface area contributed by atoms with E-state index in [0.717, 1.165) is 25.7 Å². The lowest BCUT2D eigenvalue weighted by atomic mass is 9.87. The fourth-order valence-electron chi connectivity index (χ4n) is 4.91. The number of hydrogen-bond acceptors (Lipinski definition) is 12.